The monoisotopic (exact) mass is 225 g/mol. The lowest BCUT2D eigenvalue weighted by atomic mass is 10.3. The summed E-state index contributed by atoms with van der Waals surface area (Å²) in [6.07, 6.45) is 5.74. The van der Waals surface area contributed by atoms with Crippen molar-refractivity contribution in [2.75, 3.05) is 0 Å². The molecule has 0 aliphatic rings. The SMILES string of the molecule is C#Cc1c(C)sc(=O)n1CCCC(=O)O. The highest BCUT2D eigenvalue weighted by Crippen LogP contribution is 2.10. The van der Waals surface area contributed by atoms with Gasteiger partial charge in [0, 0.05) is 17.8 Å². The molecule has 1 rings (SSSR count). The predicted molar refractivity (Wildman–Crippen MR) is 58.1 cm³/mol. The molecule has 1 aromatic heterocycles. The van der Waals surface area contributed by atoms with Crippen LogP contribution in [0.2, 0.25) is 0 Å². The van der Waals surface area contributed by atoms with Crippen LogP contribution in [-0.4, -0.2) is 15.6 Å². The van der Waals surface area contributed by atoms with Gasteiger partial charge in [-0.05, 0) is 13.3 Å². The second-order valence-corrected chi connectivity index (χ2v) is 4.23. The maximum Gasteiger partial charge on any atom is 0.308 e. The molecule has 0 atom stereocenters. The van der Waals surface area contributed by atoms with Crippen LogP contribution in [0.15, 0.2) is 4.79 Å². The number of aliphatic carboxylic acids is 1. The summed E-state index contributed by atoms with van der Waals surface area (Å²) in [6.45, 7) is 2.16. The molecule has 80 valence electrons. The first-order valence-electron chi connectivity index (χ1n) is 4.45. The van der Waals surface area contributed by atoms with E-state index in [2.05, 4.69) is 5.92 Å². The first-order valence-corrected chi connectivity index (χ1v) is 5.26. The van der Waals surface area contributed by atoms with Gasteiger partial charge in [-0.2, -0.15) is 0 Å². The van der Waals surface area contributed by atoms with Gasteiger partial charge in [0.05, 0.1) is 0 Å². The number of carboxylic acid groups (broad SMARTS) is 1. The second kappa shape index (κ2) is 4.80. The lowest BCUT2D eigenvalue weighted by Gasteiger charge is -2.01. The zero-order valence-corrected chi connectivity index (χ0v) is 9.13. The Bertz CT molecular complexity index is 464. The first kappa shape index (κ1) is 11.5. The molecule has 0 fully saturated rings. The predicted octanol–water partition coefficient (Wildman–Crippen LogP) is 1.06. The Hall–Kier alpha value is -1.54. The van der Waals surface area contributed by atoms with E-state index in [0.29, 0.717) is 18.7 Å². The van der Waals surface area contributed by atoms with Gasteiger partial charge in [-0.3, -0.25) is 14.2 Å². The summed E-state index contributed by atoms with van der Waals surface area (Å²) in [6, 6.07) is 0. The van der Waals surface area contributed by atoms with E-state index in [1.165, 1.54) is 4.57 Å². The molecule has 1 heterocycles. The van der Waals surface area contributed by atoms with Crippen LogP contribution in [0.4, 0.5) is 0 Å². The third-order valence-corrected chi connectivity index (χ3v) is 2.87. The third-order valence-electron chi connectivity index (χ3n) is 1.97. The van der Waals surface area contributed by atoms with Crippen molar-refractivity contribution in [2.24, 2.45) is 0 Å². The molecule has 0 saturated carbocycles. The van der Waals surface area contributed by atoms with Crippen molar-refractivity contribution in [3.05, 3.63) is 20.2 Å². The van der Waals surface area contributed by atoms with E-state index >= 15 is 0 Å². The average Bonchev–Trinajstić information content (AvgIpc) is 2.41. The summed E-state index contributed by atoms with van der Waals surface area (Å²) in [7, 11) is 0. The van der Waals surface area contributed by atoms with Crippen molar-refractivity contribution in [3.63, 3.8) is 0 Å². The first-order chi connectivity index (χ1) is 7.06. The summed E-state index contributed by atoms with van der Waals surface area (Å²) in [5.41, 5.74) is 0.565. The maximum atomic E-state index is 11.4. The molecule has 15 heavy (non-hydrogen) atoms. The molecule has 0 bridgehead atoms. The number of rotatable bonds is 4. The van der Waals surface area contributed by atoms with E-state index in [1.54, 1.807) is 6.92 Å². The average molecular weight is 225 g/mol. The number of terminal acetylenes is 1. The molecule has 0 amide bonds. The van der Waals surface area contributed by atoms with E-state index < -0.39 is 5.97 Å². The van der Waals surface area contributed by atoms with Crippen molar-refractivity contribution in [2.45, 2.75) is 26.3 Å². The number of aromatic nitrogens is 1. The van der Waals surface area contributed by atoms with Gasteiger partial charge in [0.15, 0.2) is 0 Å². The third kappa shape index (κ3) is 2.70. The van der Waals surface area contributed by atoms with Crippen LogP contribution in [0.1, 0.15) is 23.4 Å². The van der Waals surface area contributed by atoms with Gasteiger partial charge < -0.3 is 5.11 Å². The van der Waals surface area contributed by atoms with E-state index in [0.717, 1.165) is 16.2 Å². The molecule has 0 spiro atoms. The van der Waals surface area contributed by atoms with Gasteiger partial charge >= 0.3 is 10.8 Å². The summed E-state index contributed by atoms with van der Waals surface area (Å²) < 4.78 is 1.46. The van der Waals surface area contributed by atoms with Crippen molar-refractivity contribution < 1.29 is 9.90 Å². The molecule has 4 nitrogen and oxygen atoms in total. The Morgan fingerprint density at radius 3 is 2.87 bits per heavy atom. The van der Waals surface area contributed by atoms with Crippen molar-refractivity contribution in [1.82, 2.24) is 4.57 Å². The summed E-state index contributed by atoms with van der Waals surface area (Å²) >= 11 is 1.10. The Kier molecular flexibility index (Phi) is 3.69. The number of carboxylic acids is 1. The van der Waals surface area contributed by atoms with Crippen molar-refractivity contribution in [1.29, 1.82) is 0 Å². The van der Waals surface area contributed by atoms with Gasteiger partial charge in [0.2, 0.25) is 0 Å². The lowest BCUT2D eigenvalue weighted by molar-refractivity contribution is -0.137. The van der Waals surface area contributed by atoms with Gasteiger partial charge in [-0.1, -0.05) is 17.3 Å². The quantitative estimate of drug-likeness (QED) is 0.779. The summed E-state index contributed by atoms with van der Waals surface area (Å²) in [5.74, 6) is 1.59. The van der Waals surface area contributed by atoms with Crippen LogP contribution < -0.4 is 4.87 Å². The highest BCUT2D eigenvalue weighted by atomic mass is 32.1. The normalized spacial score (nSPS) is 9.87. The van der Waals surface area contributed by atoms with E-state index in [4.69, 9.17) is 11.5 Å². The molecule has 1 N–H and O–H groups in total. The number of carbonyl (C=O) groups is 1. The van der Waals surface area contributed by atoms with Gasteiger partial charge in [0.25, 0.3) is 0 Å². The largest absolute Gasteiger partial charge is 0.481 e. The molecule has 0 saturated heterocycles. The fourth-order valence-electron chi connectivity index (χ4n) is 1.29. The summed E-state index contributed by atoms with van der Waals surface area (Å²) in [4.78, 5) is 22.4. The van der Waals surface area contributed by atoms with Gasteiger partial charge in [0.1, 0.15) is 5.69 Å². The minimum Gasteiger partial charge on any atom is -0.481 e. The van der Waals surface area contributed by atoms with Crippen LogP contribution in [-0.2, 0) is 11.3 Å². The van der Waals surface area contributed by atoms with Crippen molar-refractivity contribution in [3.8, 4) is 12.3 Å². The zero-order chi connectivity index (χ0) is 11.4. The topological polar surface area (TPSA) is 59.3 Å². The van der Waals surface area contributed by atoms with Gasteiger partial charge in [-0.15, -0.1) is 6.42 Å². The van der Waals surface area contributed by atoms with E-state index in [-0.39, 0.29) is 11.3 Å². The van der Waals surface area contributed by atoms with Gasteiger partial charge in [-0.25, -0.2) is 0 Å². The Balaban J connectivity index is 2.81. The minimum atomic E-state index is -0.864. The number of hydrogen-bond donors (Lipinski definition) is 1. The Morgan fingerprint density at radius 2 is 2.33 bits per heavy atom. The molecular weight excluding hydrogens is 214 g/mol. The maximum absolute atomic E-state index is 11.4. The lowest BCUT2D eigenvalue weighted by Crippen LogP contribution is -2.15. The van der Waals surface area contributed by atoms with Crippen LogP contribution >= 0.6 is 11.3 Å². The molecule has 0 aliphatic carbocycles. The minimum absolute atomic E-state index is 0.0470. The number of hydrogen-bond acceptors (Lipinski definition) is 3. The fraction of sp³-hybridized carbons (Fsp3) is 0.400. The number of aryl methyl sites for hydroxylation is 1. The van der Waals surface area contributed by atoms with Crippen LogP contribution in [0.3, 0.4) is 0 Å². The molecule has 5 heteroatoms. The highest BCUT2D eigenvalue weighted by molar-refractivity contribution is 7.09. The smallest absolute Gasteiger partial charge is 0.308 e. The molecule has 0 unspecified atom stereocenters. The van der Waals surface area contributed by atoms with E-state index in [1.807, 2.05) is 0 Å². The second-order valence-electron chi connectivity index (χ2n) is 3.07. The number of thiazole rings is 1. The molecule has 0 aromatic carbocycles. The molecular formula is C10H11NO3S. The number of nitrogens with zero attached hydrogens (tertiary/aromatic N) is 1. The summed E-state index contributed by atoms with van der Waals surface area (Å²) in [5, 5.41) is 8.47. The van der Waals surface area contributed by atoms with Crippen molar-refractivity contribution >= 4 is 17.3 Å². The van der Waals surface area contributed by atoms with Crippen LogP contribution in [0, 0.1) is 19.3 Å². The van der Waals surface area contributed by atoms with E-state index in [9.17, 15) is 9.59 Å². The van der Waals surface area contributed by atoms with Crippen LogP contribution in [0.5, 0.6) is 0 Å². The highest BCUT2D eigenvalue weighted by Gasteiger charge is 2.09. The zero-order valence-electron chi connectivity index (χ0n) is 8.32. The molecule has 1 aromatic rings. The Morgan fingerprint density at radius 1 is 1.67 bits per heavy atom. The van der Waals surface area contributed by atoms with Crippen LogP contribution in [0.25, 0.3) is 0 Å². The Labute approximate surface area is 91.2 Å². The standard InChI is InChI=1S/C10H11NO3S/c1-3-8-7(2)15-10(14)11(8)6-4-5-9(12)13/h1H,4-6H2,2H3,(H,12,13). The molecule has 0 aliphatic heterocycles. The molecule has 0 radical (unpaired) electrons. The fourth-order valence-corrected chi connectivity index (χ4v) is 2.11.